The Morgan fingerprint density at radius 2 is 1.30 bits per heavy atom. The summed E-state index contributed by atoms with van der Waals surface area (Å²) >= 11 is 0. The number of benzene rings is 2. The van der Waals surface area contributed by atoms with Crippen LogP contribution in [0.2, 0.25) is 0 Å². The van der Waals surface area contributed by atoms with Gasteiger partial charge in [0.05, 0.1) is 18.8 Å². The number of halogens is 2. The maximum atomic E-state index is 14.6. The van der Waals surface area contributed by atoms with Crippen molar-refractivity contribution in [2.45, 2.75) is 110 Å². The van der Waals surface area contributed by atoms with Gasteiger partial charge in [0.25, 0.3) is 0 Å². The summed E-state index contributed by atoms with van der Waals surface area (Å²) in [5.41, 5.74) is -0.469. The third-order valence-corrected chi connectivity index (χ3v) is 8.04. The highest BCUT2D eigenvalue weighted by Gasteiger charge is 2.24. The molecule has 2 aromatic carbocycles. The molecule has 0 radical (unpaired) electrons. The van der Waals surface area contributed by atoms with E-state index in [-0.39, 0.29) is 11.5 Å². The lowest BCUT2D eigenvalue weighted by Crippen LogP contribution is -2.20. The molecule has 2 atom stereocenters. The van der Waals surface area contributed by atoms with Crippen LogP contribution in [0.25, 0.3) is 0 Å². The second-order valence-corrected chi connectivity index (χ2v) is 11.2. The number of carbonyl (C=O) groups is 1. The number of esters is 1. The first-order chi connectivity index (χ1) is 19.5. The standard InChI is InChI=1S/C34H48F2O4/c1-3-5-7-8-12-24-39-31-23-22-30(32(35)33(31)36)34(37)40-29-20-18-28(19-21-29)38-25-13-17-27-16-11-10-15-26(27)14-9-6-4-2/h18-23,26-27H,3-17,24-25H2,1-2H3. The molecule has 6 heteroatoms. The predicted molar refractivity (Wildman–Crippen MR) is 156 cm³/mol. The van der Waals surface area contributed by atoms with Crippen LogP contribution in [-0.2, 0) is 0 Å². The number of hydrogen-bond donors (Lipinski definition) is 0. The first-order valence-electron chi connectivity index (χ1n) is 15.6. The van der Waals surface area contributed by atoms with Gasteiger partial charge < -0.3 is 14.2 Å². The Hall–Kier alpha value is -2.63. The minimum absolute atomic E-state index is 0.193. The van der Waals surface area contributed by atoms with Crippen LogP contribution >= 0.6 is 0 Å². The molecular weight excluding hydrogens is 510 g/mol. The SMILES string of the molecule is CCCCCCCOc1ccc(C(=O)Oc2ccc(OCCCC3CCCCC3CCCCC)cc2)c(F)c1F. The van der Waals surface area contributed by atoms with Gasteiger partial charge in [-0.25, -0.2) is 9.18 Å². The zero-order chi connectivity index (χ0) is 28.6. The van der Waals surface area contributed by atoms with Crippen molar-refractivity contribution in [2.75, 3.05) is 13.2 Å². The first-order valence-corrected chi connectivity index (χ1v) is 15.6. The van der Waals surface area contributed by atoms with Gasteiger partial charge in [-0.2, -0.15) is 4.39 Å². The number of rotatable bonds is 18. The maximum absolute atomic E-state index is 14.6. The molecule has 0 aromatic heterocycles. The summed E-state index contributed by atoms with van der Waals surface area (Å²) in [4.78, 5) is 12.5. The molecule has 1 saturated carbocycles. The average molecular weight is 559 g/mol. The molecule has 1 fully saturated rings. The summed E-state index contributed by atoms with van der Waals surface area (Å²) in [7, 11) is 0. The maximum Gasteiger partial charge on any atom is 0.346 e. The molecule has 40 heavy (non-hydrogen) atoms. The number of hydrogen-bond acceptors (Lipinski definition) is 4. The van der Waals surface area contributed by atoms with Gasteiger partial charge in [0.1, 0.15) is 11.5 Å². The second-order valence-electron chi connectivity index (χ2n) is 11.2. The van der Waals surface area contributed by atoms with Gasteiger partial charge >= 0.3 is 5.97 Å². The summed E-state index contributed by atoms with van der Waals surface area (Å²) in [5.74, 6) is -0.975. The predicted octanol–water partition coefficient (Wildman–Crippen LogP) is 10.1. The highest BCUT2D eigenvalue weighted by molar-refractivity contribution is 5.91. The Bertz CT molecular complexity index is 1010. The number of unbranched alkanes of at least 4 members (excludes halogenated alkanes) is 6. The van der Waals surface area contributed by atoms with Crippen molar-refractivity contribution >= 4 is 5.97 Å². The molecule has 222 valence electrons. The first kappa shape index (κ1) is 31.9. The van der Waals surface area contributed by atoms with Crippen molar-refractivity contribution in [3.8, 4) is 17.2 Å². The summed E-state index contributed by atoms with van der Waals surface area (Å²) in [6, 6.07) is 9.13. The van der Waals surface area contributed by atoms with Crippen LogP contribution in [0.5, 0.6) is 17.2 Å². The van der Waals surface area contributed by atoms with E-state index in [9.17, 15) is 13.6 Å². The van der Waals surface area contributed by atoms with Gasteiger partial charge in [-0.05, 0) is 67.5 Å². The van der Waals surface area contributed by atoms with E-state index in [1.54, 1.807) is 24.3 Å². The lowest BCUT2D eigenvalue weighted by atomic mass is 9.74. The van der Waals surface area contributed by atoms with Gasteiger partial charge in [0.15, 0.2) is 11.6 Å². The van der Waals surface area contributed by atoms with Crippen molar-refractivity contribution < 1.29 is 27.8 Å². The summed E-state index contributed by atoms with van der Waals surface area (Å²) < 4.78 is 45.6. The van der Waals surface area contributed by atoms with Crippen molar-refractivity contribution in [1.29, 1.82) is 0 Å². The van der Waals surface area contributed by atoms with Crippen LogP contribution in [-0.4, -0.2) is 19.2 Å². The average Bonchev–Trinajstić information content (AvgIpc) is 2.96. The van der Waals surface area contributed by atoms with Crippen LogP contribution in [0.1, 0.15) is 121 Å². The normalized spacial score (nSPS) is 17.0. The highest BCUT2D eigenvalue weighted by Crippen LogP contribution is 2.36. The van der Waals surface area contributed by atoms with Crippen LogP contribution in [0.3, 0.4) is 0 Å². The zero-order valence-corrected chi connectivity index (χ0v) is 24.5. The highest BCUT2D eigenvalue weighted by atomic mass is 19.2. The molecular formula is C34H48F2O4. The van der Waals surface area contributed by atoms with E-state index in [1.165, 1.54) is 69.9 Å². The van der Waals surface area contributed by atoms with E-state index >= 15 is 0 Å². The van der Waals surface area contributed by atoms with Crippen molar-refractivity contribution in [1.82, 2.24) is 0 Å². The molecule has 2 unspecified atom stereocenters. The molecule has 4 nitrogen and oxygen atoms in total. The van der Waals surface area contributed by atoms with Crippen molar-refractivity contribution in [3.05, 3.63) is 53.6 Å². The smallest absolute Gasteiger partial charge is 0.346 e. The third kappa shape index (κ3) is 10.4. The Kier molecular flexibility index (Phi) is 14.3. The molecule has 0 bridgehead atoms. The molecule has 0 saturated heterocycles. The van der Waals surface area contributed by atoms with E-state index in [4.69, 9.17) is 14.2 Å². The second kappa shape index (κ2) is 17.9. The van der Waals surface area contributed by atoms with E-state index in [0.717, 1.165) is 50.4 Å². The monoisotopic (exact) mass is 558 g/mol. The largest absolute Gasteiger partial charge is 0.494 e. The van der Waals surface area contributed by atoms with Crippen LogP contribution in [0, 0.1) is 23.5 Å². The Balaban J connectivity index is 1.41. The number of carbonyl (C=O) groups excluding carboxylic acids is 1. The zero-order valence-electron chi connectivity index (χ0n) is 24.5. The fraction of sp³-hybridized carbons (Fsp3) is 0.618. The molecule has 0 N–H and O–H groups in total. The summed E-state index contributed by atoms with van der Waals surface area (Å²) in [6.07, 6.45) is 18.1. The van der Waals surface area contributed by atoms with Crippen LogP contribution < -0.4 is 14.2 Å². The lowest BCUT2D eigenvalue weighted by Gasteiger charge is -2.31. The fourth-order valence-electron chi connectivity index (χ4n) is 5.69. The summed E-state index contributed by atoms with van der Waals surface area (Å²) in [5, 5.41) is 0. The minimum atomic E-state index is -1.26. The van der Waals surface area contributed by atoms with E-state index in [2.05, 4.69) is 13.8 Å². The quantitative estimate of drug-likeness (QED) is 0.104. The van der Waals surface area contributed by atoms with Crippen LogP contribution in [0.4, 0.5) is 8.78 Å². The molecule has 0 amide bonds. The molecule has 2 aromatic rings. The third-order valence-electron chi connectivity index (χ3n) is 8.04. The topological polar surface area (TPSA) is 44.8 Å². The Labute approximate surface area is 239 Å². The Morgan fingerprint density at radius 3 is 2.00 bits per heavy atom. The molecule has 1 aliphatic carbocycles. The van der Waals surface area contributed by atoms with Gasteiger partial charge in [-0.15, -0.1) is 0 Å². The van der Waals surface area contributed by atoms with E-state index < -0.39 is 23.2 Å². The molecule has 0 spiro atoms. The molecule has 0 aliphatic heterocycles. The van der Waals surface area contributed by atoms with Gasteiger partial charge in [-0.3, -0.25) is 0 Å². The summed E-state index contributed by atoms with van der Waals surface area (Å²) in [6.45, 7) is 5.35. The Morgan fingerprint density at radius 1 is 0.700 bits per heavy atom. The van der Waals surface area contributed by atoms with E-state index in [0.29, 0.717) is 19.0 Å². The van der Waals surface area contributed by atoms with E-state index in [1.807, 2.05) is 0 Å². The fourth-order valence-corrected chi connectivity index (χ4v) is 5.69. The minimum Gasteiger partial charge on any atom is -0.494 e. The van der Waals surface area contributed by atoms with Gasteiger partial charge in [-0.1, -0.05) is 90.9 Å². The molecule has 1 aliphatic rings. The number of ether oxygens (including phenoxy) is 3. The molecule has 0 heterocycles. The molecule has 3 rings (SSSR count). The van der Waals surface area contributed by atoms with Crippen LogP contribution in [0.15, 0.2) is 36.4 Å². The lowest BCUT2D eigenvalue weighted by molar-refractivity contribution is 0.0728. The van der Waals surface area contributed by atoms with Gasteiger partial charge in [0.2, 0.25) is 5.82 Å². The van der Waals surface area contributed by atoms with Crippen molar-refractivity contribution in [3.63, 3.8) is 0 Å². The van der Waals surface area contributed by atoms with Gasteiger partial charge in [0, 0.05) is 0 Å². The van der Waals surface area contributed by atoms with Crippen molar-refractivity contribution in [2.24, 2.45) is 11.8 Å².